The molecule has 0 radical (unpaired) electrons. The minimum atomic E-state index is -1.19. The van der Waals surface area contributed by atoms with Crippen LogP contribution in [0, 0.1) is 0 Å². The van der Waals surface area contributed by atoms with Crippen LogP contribution in [-0.2, 0) is 14.6 Å². The molecule has 0 aliphatic carbocycles. The molecule has 1 fully saturated rings. The van der Waals surface area contributed by atoms with E-state index in [4.69, 9.17) is 15.0 Å². The van der Waals surface area contributed by atoms with Crippen molar-refractivity contribution in [1.29, 1.82) is 0 Å². The van der Waals surface area contributed by atoms with Crippen molar-refractivity contribution in [3.8, 4) is 0 Å². The monoisotopic (exact) mass is 164 g/mol. The van der Waals surface area contributed by atoms with E-state index in [1.807, 2.05) is 0 Å². The van der Waals surface area contributed by atoms with Gasteiger partial charge in [0.05, 0.1) is 13.2 Å². The lowest BCUT2D eigenvalue weighted by Crippen LogP contribution is -2.05. The number of rotatable bonds is 1. The normalized spacial score (nSPS) is 16.5. The maximum atomic E-state index is 9.12. The number of hydrogen-bond acceptors (Lipinski definition) is 4. The van der Waals surface area contributed by atoms with E-state index in [1.54, 1.807) is 0 Å². The van der Waals surface area contributed by atoms with Crippen LogP contribution in [0.5, 0.6) is 0 Å². The van der Waals surface area contributed by atoms with Gasteiger partial charge in [-0.15, -0.1) is 0 Å². The lowest BCUT2D eigenvalue weighted by atomic mass is 10.3. The molecular formula is C6H12O5. The van der Waals surface area contributed by atoms with E-state index in [2.05, 4.69) is 9.78 Å². The third-order valence-electron chi connectivity index (χ3n) is 0.924. The fourth-order valence-electron chi connectivity index (χ4n) is 0.440. The average Bonchev–Trinajstić information content (AvgIpc) is 2.09. The zero-order valence-corrected chi connectivity index (χ0v) is 6.15. The lowest BCUT2D eigenvalue weighted by Gasteiger charge is -2.07. The van der Waals surface area contributed by atoms with Crippen molar-refractivity contribution < 1.29 is 24.8 Å². The van der Waals surface area contributed by atoms with Gasteiger partial charge in [-0.3, -0.25) is 0 Å². The number of carboxylic acid groups (broad SMARTS) is 1. The Hall–Kier alpha value is -0.650. The highest BCUT2D eigenvalue weighted by molar-refractivity contribution is 5.67. The number of aliphatic hydroxyl groups excluding tert-OH is 1. The van der Waals surface area contributed by atoms with Crippen LogP contribution in [-0.4, -0.2) is 36.0 Å². The zero-order chi connectivity index (χ0) is 8.53. The predicted octanol–water partition coefficient (Wildman–Crippen LogP) is -0.208. The van der Waals surface area contributed by atoms with Gasteiger partial charge in [-0.2, -0.15) is 0 Å². The van der Waals surface area contributed by atoms with Gasteiger partial charge in [0.15, 0.2) is 0 Å². The highest BCUT2D eigenvalue weighted by Crippen LogP contribution is 1.97. The molecule has 66 valence electrons. The molecule has 1 aliphatic heterocycles. The molecule has 0 amide bonds. The Balaban J connectivity index is 0.000000187. The molecule has 0 aromatic rings. The summed E-state index contributed by atoms with van der Waals surface area (Å²) in [5.41, 5.74) is 0. The number of aliphatic carboxylic acids is 1. The Bertz CT molecular complexity index is 87.6. The quantitative estimate of drug-likeness (QED) is 0.524. The molecule has 11 heavy (non-hydrogen) atoms. The Morgan fingerprint density at radius 2 is 1.64 bits per heavy atom. The molecule has 2 N–H and O–H groups in total. The van der Waals surface area contributed by atoms with Gasteiger partial charge < -0.3 is 10.2 Å². The first-order valence-electron chi connectivity index (χ1n) is 3.34. The topological polar surface area (TPSA) is 76.0 Å². The zero-order valence-electron chi connectivity index (χ0n) is 6.15. The molecule has 0 spiro atoms. The van der Waals surface area contributed by atoms with Crippen LogP contribution in [0.1, 0.15) is 12.8 Å². The van der Waals surface area contributed by atoms with E-state index in [-0.39, 0.29) is 0 Å². The van der Waals surface area contributed by atoms with E-state index >= 15 is 0 Å². The van der Waals surface area contributed by atoms with Crippen molar-refractivity contribution in [2.45, 2.75) is 12.8 Å². The van der Waals surface area contributed by atoms with Crippen LogP contribution in [0.15, 0.2) is 0 Å². The first-order valence-corrected chi connectivity index (χ1v) is 3.34. The molecule has 5 heteroatoms. The van der Waals surface area contributed by atoms with Gasteiger partial charge in [0.1, 0.15) is 6.61 Å². The summed E-state index contributed by atoms with van der Waals surface area (Å²) in [7, 11) is 0. The Labute approximate surface area is 64.5 Å². The third-order valence-corrected chi connectivity index (χ3v) is 0.924. The molecular weight excluding hydrogens is 152 g/mol. The number of aliphatic hydroxyl groups is 1. The second kappa shape index (κ2) is 7.46. The van der Waals surface area contributed by atoms with Gasteiger partial charge in [0.25, 0.3) is 0 Å². The van der Waals surface area contributed by atoms with E-state index < -0.39 is 12.6 Å². The van der Waals surface area contributed by atoms with Gasteiger partial charge >= 0.3 is 5.97 Å². The molecule has 0 aromatic heterocycles. The molecule has 0 aromatic carbocycles. The minimum absolute atomic E-state index is 0.778. The Morgan fingerprint density at radius 1 is 1.27 bits per heavy atom. The number of hydrogen-bond donors (Lipinski definition) is 2. The maximum Gasteiger partial charge on any atom is 0.329 e. The van der Waals surface area contributed by atoms with Gasteiger partial charge in [-0.1, -0.05) is 0 Å². The second-order valence-electron chi connectivity index (χ2n) is 1.90. The fraction of sp³-hybridized carbons (Fsp3) is 0.833. The van der Waals surface area contributed by atoms with Gasteiger partial charge in [0.2, 0.25) is 0 Å². The Morgan fingerprint density at radius 3 is 1.73 bits per heavy atom. The molecule has 0 bridgehead atoms. The summed E-state index contributed by atoms with van der Waals surface area (Å²) >= 11 is 0. The van der Waals surface area contributed by atoms with E-state index in [0.717, 1.165) is 26.1 Å². The average molecular weight is 164 g/mol. The lowest BCUT2D eigenvalue weighted by molar-refractivity contribution is -0.312. The molecule has 1 heterocycles. The summed E-state index contributed by atoms with van der Waals surface area (Å²) in [4.78, 5) is 18.3. The van der Waals surface area contributed by atoms with Crippen LogP contribution in [0.4, 0.5) is 0 Å². The van der Waals surface area contributed by atoms with Crippen LogP contribution in [0.25, 0.3) is 0 Å². The largest absolute Gasteiger partial charge is 0.480 e. The summed E-state index contributed by atoms with van der Waals surface area (Å²) in [6, 6.07) is 0. The minimum Gasteiger partial charge on any atom is -0.480 e. The van der Waals surface area contributed by atoms with Crippen molar-refractivity contribution in [2.24, 2.45) is 0 Å². The molecule has 0 saturated carbocycles. The predicted molar refractivity (Wildman–Crippen MR) is 35.9 cm³/mol. The maximum absolute atomic E-state index is 9.12. The number of carbonyl (C=O) groups is 1. The summed E-state index contributed by atoms with van der Waals surface area (Å²) in [6.45, 7) is 0.778. The van der Waals surface area contributed by atoms with Gasteiger partial charge in [0, 0.05) is 0 Å². The van der Waals surface area contributed by atoms with Crippen molar-refractivity contribution in [2.75, 3.05) is 19.8 Å². The first kappa shape index (κ1) is 10.3. The second-order valence-corrected chi connectivity index (χ2v) is 1.90. The van der Waals surface area contributed by atoms with E-state index in [9.17, 15) is 0 Å². The molecule has 0 unspecified atom stereocenters. The molecule has 1 aliphatic rings. The van der Waals surface area contributed by atoms with Gasteiger partial charge in [-0.25, -0.2) is 14.6 Å². The smallest absolute Gasteiger partial charge is 0.329 e. The van der Waals surface area contributed by atoms with Crippen molar-refractivity contribution in [3.05, 3.63) is 0 Å². The molecule has 5 nitrogen and oxygen atoms in total. The highest BCUT2D eigenvalue weighted by atomic mass is 17.2. The SMILES string of the molecule is C1CCOOC1.O=C(O)CO. The van der Waals surface area contributed by atoms with Crippen LogP contribution in [0.2, 0.25) is 0 Å². The fourth-order valence-corrected chi connectivity index (χ4v) is 0.440. The summed E-state index contributed by atoms with van der Waals surface area (Å²) < 4.78 is 0. The molecule has 0 atom stereocenters. The highest BCUT2D eigenvalue weighted by Gasteiger charge is 1.95. The Kier molecular flexibility index (Phi) is 7.02. The third kappa shape index (κ3) is 9.35. The van der Waals surface area contributed by atoms with Crippen LogP contribution in [0.3, 0.4) is 0 Å². The van der Waals surface area contributed by atoms with Crippen molar-refractivity contribution in [3.63, 3.8) is 0 Å². The molecule has 1 saturated heterocycles. The van der Waals surface area contributed by atoms with Crippen LogP contribution < -0.4 is 0 Å². The standard InChI is InChI=1S/C4H8O2.C2H4O3/c1-2-4-6-5-3-1;3-1-2(4)5/h1-4H2;3H,1H2,(H,4,5). The van der Waals surface area contributed by atoms with Crippen LogP contribution >= 0.6 is 0 Å². The van der Waals surface area contributed by atoms with E-state index in [1.165, 1.54) is 0 Å². The van der Waals surface area contributed by atoms with Crippen molar-refractivity contribution in [1.82, 2.24) is 0 Å². The first-order chi connectivity index (χ1) is 5.27. The summed E-state index contributed by atoms with van der Waals surface area (Å²) in [5, 5.41) is 15.0. The molecule has 1 rings (SSSR count). The van der Waals surface area contributed by atoms with Crippen molar-refractivity contribution >= 4 is 5.97 Å². The summed E-state index contributed by atoms with van der Waals surface area (Å²) in [6.07, 6.45) is 2.31. The summed E-state index contributed by atoms with van der Waals surface area (Å²) in [5.74, 6) is -1.19. The van der Waals surface area contributed by atoms with E-state index in [0.29, 0.717) is 0 Å². The van der Waals surface area contributed by atoms with Gasteiger partial charge in [-0.05, 0) is 12.8 Å². The number of carboxylic acids is 1.